The van der Waals surface area contributed by atoms with E-state index in [2.05, 4.69) is 14.5 Å². The number of rotatable bonds is 4. The van der Waals surface area contributed by atoms with Crippen LogP contribution in [0.3, 0.4) is 0 Å². The van der Waals surface area contributed by atoms with Crippen LogP contribution < -0.4 is 0 Å². The van der Waals surface area contributed by atoms with Crippen LogP contribution in [0.2, 0.25) is 0 Å². The standard InChI is InChI=1S/C12H8Cl2F5NO4/c1-23-10(21)4-3(8(13)14)5(11(22)24-2)7(12(17,18)19)20-6(4)9(15)16/h8-9H,1-2H3. The lowest BCUT2D eigenvalue weighted by Crippen LogP contribution is -2.24. The number of nitrogens with zero attached hydrogens (tertiary/aromatic N) is 1. The molecule has 1 aromatic rings. The van der Waals surface area contributed by atoms with E-state index < -0.39 is 57.5 Å². The van der Waals surface area contributed by atoms with Crippen molar-refractivity contribution < 1.29 is 41.0 Å². The van der Waals surface area contributed by atoms with Crippen LogP contribution in [0.25, 0.3) is 0 Å². The second-order valence-electron chi connectivity index (χ2n) is 4.09. The van der Waals surface area contributed by atoms with Crippen molar-refractivity contribution in [1.82, 2.24) is 4.98 Å². The van der Waals surface area contributed by atoms with Gasteiger partial charge in [-0.3, -0.25) is 0 Å². The van der Waals surface area contributed by atoms with Crippen molar-refractivity contribution in [3.8, 4) is 0 Å². The van der Waals surface area contributed by atoms with E-state index in [1.54, 1.807) is 0 Å². The van der Waals surface area contributed by atoms with E-state index in [1.807, 2.05) is 0 Å². The molecule has 24 heavy (non-hydrogen) atoms. The highest BCUT2D eigenvalue weighted by atomic mass is 35.5. The first-order chi connectivity index (χ1) is 11.0. The topological polar surface area (TPSA) is 65.5 Å². The van der Waals surface area contributed by atoms with E-state index in [0.717, 1.165) is 14.2 Å². The summed E-state index contributed by atoms with van der Waals surface area (Å²) in [6, 6.07) is 0. The van der Waals surface area contributed by atoms with Gasteiger partial charge in [-0.1, -0.05) is 0 Å². The zero-order chi connectivity index (χ0) is 18.8. The van der Waals surface area contributed by atoms with Crippen molar-refractivity contribution in [2.75, 3.05) is 14.2 Å². The number of methoxy groups -OCH3 is 2. The number of carbonyl (C=O) groups is 2. The molecule has 134 valence electrons. The maximum absolute atomic E-state index is 13.1. The molecule has 0 saturated heterocycles. The Morgan fingerprint density at radius 3 is 1.83 bits per heavy atom. The van der Waals surface area contributed by atoms with Crippen LogP contribution in [-0.2, 0) is 15.7 Å². The molecule has 0 spiro atoms. The minimum Gasteiger partial charge on any atom is -0.465 e. The predicted molar refractivity (Wildman–Crippen MR) is 71.3 cm³/mol. The molecule has 0 saturated carbocycles. The van der Waals surface area contributed by atoms with E-state index in [-0.39, 0.29) is 0 Å². The number of hydrogen-bond donors (Lipinski definition) is 0. The molecule has 0 aliphatic rings. The molecule has 0 N–H and O–H groups in total. The summed E-state index contributed by atoms with van der Waals surface area (Å²) in [5.41, 5.74) is -7.06. The van der Waals surface area contributed by atoms with Gasteiger partial charge in [-0.2, -0.15) is 13.2 Å². The highest BCUT2D eigenvalue weighted by Gasteiger charge is 2.44. The van der Waals surface area contributed by atoms with Crippen LogP contribution >= 0.6 is 23.2 Å². The minimum absolute atomic E-state index is 0.739. The van der Waals surface area contributed by atoms with Gasteiger partial charge in [0.05, 0.1) is 25.3 Å². The van der Waals surface area contributed by atoms with E-state index in [4.69, 9.17) is 23.2 Å². The average Bonchev–Trinajstić information content (AvgIpc) is 2.49. The molecule has 0 radical (unpaired) electrons. The lowest BCUT2D eigenvalue weighted by atomic mass is 9.98. The molecule has 12 heteroatoms. The van der Waals surface area contributed by atoms with Gasteiger partial charge in [-0.25, -0.2) is 23.4 Å². The molecule has 0 unspecified atom stereocenters. The summed E-state index contributed by atoms with van der Waals surface area (Å²) >= 11 is 11.0. The first-order valence-corrected chi connectivity index (χ1v) is 6.72. The van der Waals surface area contributed by atoms with Gasteiger partial charge in [-0.05, 0) is 0 Å². The Morgan fingerprint density at radius 1 is 1.04 bits per heavy atom. The van der Waals surface area contributed by atoms with Gasteiger partial charge in [0, 0.05) is 5.56 Å². The SMILES string of the molecule is COC(=O)c1c(C(F)F)nc(C(F)(F)F)c(C(=O)OC)c1C(Cl)Cl. The van der Waals surface area contributed by atoms with Crippen LogP contribution in [-0.4, -0.2) is 31.1 Å². The number of aromatic nitrogens is 1. The minimum atomic E-state index is -5.32. The Balaban J connectivity index is 4.10. The lowest BCUT2D eigenvalue weighted by molar-refractivity contribution is -0.142. The first-order valence-electron chi connectivity index (χ1n) is 5.85. The van der Waals surface area contributed by atoms with Gasteiger partial charge in [-0.15, -0.1) is 23.2 Å². The number of pyridine rings is 1. The van der Waals surface area contributed by atoms with Gasteiger partial charge in [0.25, 0.3) is 6.43 Å². The smallest absolute Gasteiger partial charge is 0.434 e. The van der Waals surface area contributed by atoms with Crippen LogP contribution in [0.5, 0.6) is 0 Å². The Kier molecular flexibility index (Phi) is 6.34. The van der Waals surface area contributed by atoms with Crippen LogP contribution in [0.4, 0.5) is 22.0 Å². The summed E-state index contributed by atoms with van der Waals surface area (Å²) < 4.78 is 74.1. The molecule has 0 aliphatic carbocycles. The highest BCUT2D eigenvalue weighted by Crippen LogP contribution is 2.41. The third-order valence-electron chi connectivity index (χ3n) is 2.74. The van der Waals surface area contributed by atoms with Crippen molar-refractivity contribution >= 4 is 35.1 Å². The van der Waals surface area contributed by atoms with E-state index in [0.29, 0.717) is 0 Å². The van der Waals surface area contributed by atoms with Gasteiger partial charge in [0.15, 0.2) is 5.69 Å². The Morgan fingerprint density at radius 2 is 1.50 bits per heavy atom. The molecule has 0 bridgehead atoms. The van der Waals surface area contributed by atoms with Crippen molar-refractivity contribution in [3.05, 3.63) is 28.1 Å². The highest BCUT2D eigenvalue weighted by molar-refractivity contribution is 6.44. The Labute approximate surface area is 141 Å². The summed E-state index contributed by atoms with van der Waals surface area (Å²) in [6.07, 6.45) is -8.92. The second kappa shape index (κ2) is 7.47. The fourth-order valence-electron chi connectivity index (χ4n) is 1.83. The largest absolute Gasteiger partial charge is 0.465 e. The number of hydrogen-bond acceptors (Lipinski definition) is 5. The normalized spacial score (nSPS) is 11.8. The average molecular weight is 396 g/mol. The summed E-state index contributed by atoms with van der Waals surface area (Å²) in [4.78, 5) is 24.3. The van der Waals surface area contributed by atoms with Crippen molar-refractivity contribution in [2.45, 2.75) is 17.4 Å². The van der Waals surface area contributed by atoms with Gasteiger partial charge >= 0.3 is 18.1 Å². The van der Waals surface area contributed by atoms with E-state index in [1.165, 1.54) is 0 Å². The molecule has 1 aromatic heterocycles. The molecule has 1 rings (SSSR count). The number of carbonyl (C=O) groups excluding carboxylic acids is 2. The zero-order valence-electron chi connectivity index (χ0n) is 11.9. The molecule has 1 heterocycles. The number of esters is 2. The van der Waals surface area contributed by atoms with Gasteiger partial charge in [0.2, 0.25) is 0 Å². The second-order valence-corrected chi connectivity index (χ2v) is 5.19. The van der Waals surface area contributed by atoms with E-state index in [9.17, 15) is 31.5 Å². The molecular weight excluding hydrogens is 388 g/mol. The quantitative estimate of drug-likeness (QED) is 0.436. The van der Waals surface area contributed by atoms with Crippen molar-refractivity contribution in [1.29, 1.82) is 0 Å². The molecule has 5 nitrogen and oxygen atoms in total. The Bertz CT molecular complexity index is 664. The molecule has 0 atom stereocenters. The fourth-order valence-corrected chi connectivity index (χ4v) is 2.27. The Hall–Kier alpha value is -1.68. The summed E-state index contributed by atoms with van der Waals surface area (Å²) in [5, 5.41) is 0. The van der Waals surface area contributed by atoms with Crippen LogP contribution in [0, 0.1) is 0 Å². The molecular formula is C12H8Cl2F5NO4. The molecule has 0 fully saturated rings. The maximum atomic E-state index is 13.1. The van der Waals surface area contributed by atoms with Crippen molar-refractivity contribution in [3.63, 3.8) is 0 Å². The zero-order valence-corrected chi connectivity index (χ0v) is 13.4. The predicted octanol–water partition coefficient (Wildman–Crippen LogP) is 4.09. The monoisotopic (exact) mass is 395 g/mol. The molecule has 0 amide bonds. The van der Waals surface area contributed by atoms with E-state index >= 15 is 0 Å². The number of halogens is 7. The fraction of sp³-hybridized carbons (Fsp3) is 0.417. The van der Waals surface area contributed by atoms with Crippen molar-refractivity contribution in [2.24, 2.45) is 0 Å². The lowest BCUT2D eigenvalue weighted by Gasteiger charge is -2.20. The first kappa shape index (κ1) is 20.4. The van der Waals surface area contributed by atoms with Crippen LogP contribution in [0.15, 0.2) is 0 Å². The van der Waals surface area contributed by atoms with Gasteiger partial charge < -0.3 is 9.47 Å². The van der Waals surface area contributed by atoms with Crippen LogP contribution in [0.1, 0.15) is 48.9 Å². The van der Waals surface area contributed by atoms with Gasteiger partial charge in [0.1, 0.15) is 10.5 Å². The molecule has 0 aromatic carbocycles. The summed E-state index contributed by atoms with van der Waals surface area (Å²) in [5.74, 6) is -3.10. The molecule has 0 aliphatic heterocycles. The number of ether oxygens (including phenoxy) is 2. The third-order valence-corrected chi connectivity index (χ3v) is 3.17. The maximum Gasteiger partial charge on any atom is 0.434 e. The summed E-state index contributed by atoms with van der Waals surface area (Å²) in [6.45, 7) is 0. The number of alkyl halides is 7. The third kappa shape index (κ3) is 3.86. The summed E-state index contributed by atoms with van der Waals surface area (Å²) in [7, 11) is 1.52.